The highest BCUT2D eigenvalue weighted by atomic mass is 16.5. The monoisotopic (exact) mass is 523 g/mol. The summed E-state index contributed by atoms with van der Waals surface area (Å²) in [5, 5.41) is 8.49. The van der Waals surface area contributed by atoms with E-state index in [1.165, 1.54) is 6.08 Å². The van der Waals surface area contributed by atoms with Crippen LogP contribution >= 0.6 is 0 Å². The first-order valence-electron chi connectivity index (χ1n) is 13.0. The molecule has 3 amide bonds. The third-order valence-electron chi connectivity index (χ3n) is 6.20. The minimum atomic E-state index is -1.14. The van der Waals surface area contributed by atoms with Crippen LogP contribution in [0.5, 0.6) is 5.75 Å². The molecule has 0 aromatic heterocycles. The van der Waals surface area contributed by atoms with Gasteiger partial charge in [-0.25, -0.2) is 0 Å². The molecule has 7 nitrogen and oxygen atoms in total. The van der Waals surface area contributed by atoms with E-state index in [-0.39, 0.29) is 18.2 Å². The zero-order valence-corrected chi connectivity index (χ0v) is 22.0. The Labute approximate surface area is 229 Å². The fraction of sp³-hybridized carbons (Fsp3) is 0.219. The number of allylic oxidation sites excluding steroid dienone is 1. The molecule has 3 atom stereocenters. The first-order chi connectivity index (χ1) is 18.9. The number of ether oxygens (including phenoxy) is 1. The minimum Gasteiger partial charge on any atom is -0.483 e. The van der Waals surface area contributed by atoms with Crippen LogP contribution in [0.3, 0.4) is 0 Å². The van der Waals surface area contributed by atoms with Gasteiger partial charge in [-0.3, -0.25) is 14.4 Å². The quantitative estimate of drug-likeness (QED) is 0.419. The van der Waals surface area contributed by atoms with Gasteiger partial charge in [-0.15, -0.1) is 0 Å². The summed E-state index contributed by atoms with van der Waals surface area (Å²) in [4.78, 5) is 40.1. The van der Waals surface area contributed by atoms with Crippen LogP contribution in [0.25, 0.3) is 6.08 Å². The van der Waals surface area contributed by atoms with Gasteiger partial charge in [0.1, 0.15) is 17.8 Å². The van der Waals surface area contributed by atoms with Crippen molar-refractivity contribution in [3.05, 3.63) is 120 Å². The van der Waals surface area contributed by atoms with Crippen molar-refractivity contribution in [2.45, 2.75) is 38.5 Å². The van der Waals surface area contributed by atoms with Crippen LogP contribution < -0.4 is 20.7 Å². The van der Waals surface area contributed by atoms with Gasteiger partial charge in [0.05, 0.1) is 0 Å². The Morgan fingerprint density at radius 1 is 0.923 bits per heavy atom. The first-order valence-corrected chi connectivity index (χ1v) is 13.0. The molecule has 0 radical (unpaired) electrons. The lowest BCUT2D eigenvalue weighted by molar-refractivity contribution is -0.133. The largest absolute Gasteiger partial charge is 0.483 e. The number of fused-ring (bicyclic) bond motifs is 10. The van der Waals surface area contributed by atoms with E-state index in [1.54, 1.807) is 30.5 Å². The van der Waals surface area contributed by atoms with Crippen molar-refractivity contribution >= 4 is 23.8 Å². The molecule has 0 spiro atoms. The molecule has 0 saturated heterocycles. The zero-order chi connectivity index (χ0) is 27.6. The fourth-order valence-electron chi connectivity index (χ4n) is 4.18. The molecule has 3 aromatic carbocycles. The number of rotatable bonds is 6. The van der Waals surface area contributed by atoms with Gasteiger partial charge in [-0.05, 0) is 46.9 Å². The minimum absolute atomic E-state index is 0.153. The van der Waals surface area contributed by atoms with Crippen LogP contribution in [0.2, 0.25) is 0 Å². The molecule has 2 aliphatic rings. The van der Waals surface area contributed by atoms with Gasteiger partial charge in [0.2, 0.25) is 17.7 Å². The Bertz CT molecular complexity index is 1320. The summed E-state index contributed by atoms with van der Waals surface area (Å²) in [6, 6.07) is 23.9. The molecule has 3 N–H and O–H groups in total. The molecule has 2 heterocycles. The Hall–Kier alpha value is -4.65. The lowest BCUT2D eigenvalue weighted by Crippen LogP contribution is -2.56. The summed E-state index contributed by atoms with van der Waals surface area (Å²) >= 11 is 0. The van der Waals surface area contributed by atoms with E-state index in [1.807, 2.05) is 86.6 Å². The predicted molar refractivity (Wildman–Crippen MR) is 151 cm³/mol. The molecule has 0 fully saturated rings. The molecule has 0 aliphatic carbocycles. The normalized spacial score (nSPS) is 20.5. The van der Waals surface area contributed by atoms with Crippen LogP contribution in [-0.2, 0) is 20.8 Å². The molecule has 0 saturated carbocycles. The summed E-state index contributed by atoms with van der Waals surface area (Å²) in [5.74, 6) is -0.659. The fourth-order valence-corrected chi connectivity index (χ4v) is 4.18. The smallest absolute Gasteiger partial charge is 0.247 e. The second kappa shape index (κ2) is 13.2. The van der Waals surface area contributed by atoms with E-state index in [4.69, 9.17) is 4.74 Å². The van der Waals surface area contributed by atoms with Crippen molar-refractivity contribution in [3.63, 3.8) is 0 Å². The number of carbonyl (C=O) groups is 3. The number of hydrogen-bond donors (Lipinski definition) is 3. The molecule has 3 aromatic rings. The van der Waals surface area contributed by atoms with E-state index < -0.39 is 30.0 Å². The van der Waals surface area contributed by atoms with Crippen molar-refractivity contribution in [3.8, 4) is 5.75 Å². The van der Waals surface area contributed by atoms with Crippen molar-refractivity contribution in [1.29, 1.82) is 0 Å². The lowest BCUT2D eigenvalue weighted by Gasteiger charge is -2.30. The standard InChI is InChI=1S/C32H33N3O4/c1-22(2)13-18-28(36)35-29-30(25-11-7-4-8-12-25)39-26-16-14-23(15-17-26)19-20-33-31(37)27(34-32(29)38)21-24-9-5-3-6-10-24/h3-20,22,27,29-30H,21H2,1-2H3,(H,33,37)(H,34,38)(H,35,36)/b18-13+,20-19-/t27-,29+,30+/m0/s1. The molecule has 2 bridgehead atoms. The maximum atomic E-state index is 13.9. The van der Waals surface area contributed by atoms with Crippen molar-refractivity contribution in [1.82, 2.24) is 16.0 Å². The third-order valence-corrected chi connectivity index (χ3v) is 6.20. The van der Waals surface area contributed by atoms with Crippen molar-refractivity contribution < 1.29 is 19.1 Å². The molecular formula is C32H33N3O4. The second-order valence-electron chi connectivity index (χ2n) is 9.70. The van der Waals surface area contributed by atoms with Gasteiger partial charge >= 0.3 is 0 Å². The summed E-state index contributed by atoms with van der Waals surface area (Å²) in [7, 11) is 0. The van der Waals surface area contributed by atoms with E-state index in [0.717, 1.165) is 11.1 Å². The summed E-state index contributed by atoms with van der Waals surface area (Å²) < 4.78 is 6.36. The number of carbonyl (C=O) groups excluding carboxylic acids is 3. The zero-order valence-electron chi connectivity index (χ0n) is 22.0. The number of benzene rings is 3. The van der Waals surface area contributed by atoms with Crippen molar-refractivity contribution in [2.24, 2.45) is 5.92 Å². The highest BCUT2D eigenvalue weighted by Crippen LogP contribution is 2.26. The topological polar surface area (TPSA) is 96.5 Å². The summed E-state index contributed by atoms with van der Waals surface area (Å²) in [6.07, 6.45) is 5.90. The van der Waals surface area contributed by atoms with Gasteiger partial charge in [-0.2, -0.15) is 0 Å². The molecule has 200 valence electrons. The van der Waals surface area contributed by atoms with Crippen LogP contribution in [-0.4, -0.2) is 29.8 Å². The number of hydrogen-bond acceptors (Lipinski definition) is 4. The highest BCUT2D eigenvalue weighted by molar-refractivity contribution is 5.95. The summed E-state index contributed by atoms with van der Waals surface area (Å²) in [5.41, 5.74) is 2.45. The predicted octanol–water partition coefficient (Wildman–Crippen LogP) is 4.33. The van der Waals surface area contributed by atoms with E-state index in [2.05, 4.69) is 16.0 Å². The van der Waals surface area contributed by atoms with Crippen LogP contribution in [0, 0.1) is 5.92 Å². The second-order valence-corrected chi connectivity index (χ2v) is 9.70. The van der Waals surface area contributed by atoms with Crippen LogP contribution in [0.1, 0.15) is 36.6 Å². The first kappa shape index (κ1) is 27.4. The maximum absolute atomic E-state index is 13.9. The Morgan fingerprint density at radius 3 is 2.26 bits per heavy atom. The molecule has 2 aliphatic heterocycles. The average Bonchev–Trinajstić information content (AvgIpc) is 2.94. The van der Waals surface area contributed by atoms with Gasteiger partial charge < -0.3 is 20.7 Å². The van der Waals surface area contributed by atoms with Gasteiger partial charge in [0.25, 0.3) is 0 Å². The SMILES string of the molecule is CC(C)/C=C/C(=O)N[C@H]1C(=O)N[C@@H](Cc2ccccc2)C(=O)N/C=C\c2ccc(cc2)O[C@@H]1c1ccccc1. The lowest BCUT2D eigenvalue weighted by atomic mass is 9.99. The van der Waals surface area contributed by atoms with E-state index in [9.17, 15) is 14.4 Å². The third kappa shape index (κ3) is 7.92. The summed E-state index contributed by atoms with van der Waals surface area (Å²) in [6.45, 7) is 3.91. The molecule has 7 heteroatoms. The highest BCUT2D eigenvalue weighted by Gasteiger charge is 2.35. The average molecular weight is 524 g/mol. The Balaban J connectivity index is 1.76. The maximum Gasteiger partial charge on any atom is 0.247 e. The van der Waals surface area contributed by atoms with E-state index >= 15 is 0 Å². The van der Waals surface area contributed by atoms with Crippen LogP contribution in [0.15, 0.2) is 103 Å². The number of amides is 3. The van der Waals surface area contributed by atoms with Gasteiger partial charge in [0.15, 0.2) is 6.10 Å². The van der Waals surface area contributed by atoms with Gasteiger partial charge in [-0.1, -0.05) is 92.7 Å². The number of nitrogens with one attached hydrogen (secondary N) is 3. The Kier molecular flexibility index (Phi) is 9.29. The van der Waals surface area contributed by atoms with Crippen molar-refractivity contribution in [2.75, 3.05) is 0 Å². The molecule has 0 unspecified atom stereocenters. The molecular weight excluding hydrogens is 490 g/mol. The Morgan fingerprint density at radius 2 is 1.59 bits per heavy atom. The van der Waals surface area contributed by atoms with Crippen LogP contribution in [0.4, 0.5) is 0 Å². The molecule has 39 heavy (non-hydrogen) atoms. The van der Waals surface area contributed by atoms with E-state index in [0.29, 0.717) is 11.3 Å². The molecule has 5 rings (SSSR count). The van der Waals surface area contributed by atoms with Gasteiger partial charge in [0, 0.05) is 12.6 Å².